The van der Waals surface area contributed by atoms with Crippen LogP contribution >= 0.6 is 27.3 Å². The molecule has 0 bridgehead atoms. The van der Waals surface area contributed by atoms with Gasteiger partial charge in [-0.2, -0.15) is 0 Å². The average molecular weight is 318 g/mol. The van der Waals surface area contributed by atoms with Crippen molar-refractivity contribution in [2.45, 2.75) is 25.3 Å². The molecule has 1 aliphatic rings. The quantitative estimate of drug-likeness (QED) is 0.900. The summed E-state index contributed by atoms with van der Waals surface area (Å²) < 4.78 is 0.892. The van der Waals surface area contributed by atoms with Gasteiger partial charge in [0.15, 0.2) is 0 Å². The van der Waals surface area contributed by atoms with Gasteiger partial charge in [-0.05, 0) is 40.9 Å². The number of aliphatic carboxylic acids is 1. The molecular weight excluding hydrogens is 306 g/mol. The van der Waals surface area contributed by atoms with Gasteiger partial charge < -0.3 is 10.4 Å². The summed E-state index contributed by atoms with van der Waals surface area (Å²) in [4.78, 5) is 23.5. The number of nitrogens with one attached hydrogen (secondary N) is 1. The molecule has 0 saturated heterocycles. The summed E-state index contributed by atoms with van der Waals surface area (Å²) in [5, 5.41) is 11.8. The van der Waals surface area contributed by atoms with Crippen molar-refractivity contribution < 1.29 is 14.7 Å². The third-order valence-electron chi connectivity index (χ3n) is 2.95. The number of carboxylic acid groups (broad SMARTS) is 1. The summed E-state index contributed by atoms with van der Waals surface area (Å²) >= 11 is 4.64. The zero-order valence-electron chi connectivity index (χ0n) is 8.98. The fraction of sp³-hybridized carbons (Fsp3) is 0.455. The van der Waals surface area contributed by atoms with E-state index in [0.29, 0.717) is 11.3 Å². The maximum absolute atomic E-state index is 11.9. The van der Waals surface area contributed by atoms with E-state index in [2.05, 4.69) is 21.2 Å². The minimum atomic E-state index is -0.819. The number of carbonyl (C=O) groups excluding carboxylic acids is 1. The second kappa shape index (κ2) is 5.18. The Morgan fingerprint density at radius 1 is 1.41 bits per heavy atom. The van der Waals surface area contributed by atoms with Gasteiger partial charge in [0.25, 0.3) is 5.91 Å². The van der Waals surface area contributed by atoms with E-state index in [1.54, 1.807) is 6.07 Å². The molecule has 1 aliphatic carbocycles. The third kappa shape index (κ3) is 2.87. The van der Waals surface area contributed by atoms with E-state index in [1.165, 1.54) is 11.3 Å². The lowest BCUT2D eigenvalue weighted by atomic mass is 10.0. The lowest BCUT2D eigenvalue weighted by Crippen LogP contribution is -2.39. The molecule has 1 aromatic heterocycles. The Labute approximate surface area is 111 Å². The highest BCUT2D eigenvalue weighted by Crippen LogP contribution is 2.27. The number of hydrogen-bond acceptors (Lipinski definition) is 3. The van der Waals surface area contributed by atoms with E-state index in [1.807, 2.05) is 6.07 Å². The summed E-state index contributed by atoms with van der Waals surface area (Å²) in [6, 6.07) is 3.30. The van der Waals surface area contributed by atoms with Crippen molar-refractivity contribution in [3.63, 3.8) is 0 Å². The largest absolute Gasteiger partial charge is 0.481 e. The molecule has 17 heavy (non-hydrogen) atoms. The van der Waals surface area contributed by atoms with E-state index < -0.39 is 11.9 Å². The van der Waals surface area contributed by atoms with Gasteiger partial charge in [0.05, 0.1) is 14.6 Å². The molecule has 6 heteroatoms. The van der Waals surface area contributed by atoms with Gasteiger partial charge >= 0.3 is 5.97 Å². The zero-order chi connectivity index (χ0) is 12.4. The first-order chi connectivity index (χ1) is 8.08. The average Bonchev–Trinajstić information content (AvgIpc) is 2.86. The van der Waals surface area contributed by atoms with Crippen LogP contribution in [0.5, 0.6) is 0 Å². The molecule has 2 rings (SSSR count). The molecule has 0 aliphatic heterocycles. The number of rotatable bonds is 3. The number of carboxylic acids is 1. The van der Waals surface area contributed by atoms with Gasteiger partial charge in [0.1, 0.15) is 0 Å². The molecule has 1 aromatic rings. The van der Waals surface area contributed by atoms with E-state index in [4.69, 9.17) is 5.11 Å². The first kappa shape index (κ1) is 12.6. The SMILES string of the molecule is O=C(N[C@H]1CCC[C@H]1C(=O)O)c1ccc(Br)s1. The van der Waals surface area contributed by atoms with E-state index in [0.717, 1.165) is 16.6 Å². The second-order valence-electron chi connectivity index (χ2n) is 4.06. The fourth-order valence-corrected chi connectivity index (χ4v) is 3.39. The van der Waals surface area contributed by atoms with Crippen molar-refractivity contribution in [2.75, 3.05) is 0 Å². The molecule has 1 heterocycles. The highest BCUT2D eigenvalue weighted by molar-refractivity contribution is 9.11. The number of hydrogen-bond donors (Lipinski definition) is 2. The van der Waals surface area contributed by atoms with Crippen LogP contribution in [0.2, 0.25) is 0 Å². The Morgan fingerprint density at radius 3 is 2.76 bits per heavy atom. The first-order valence-electron chi connectivity index (χ1n) is 5.37. The molecule has 2 N–H and O–H groups in total. The molecule has 1 fully saturated rings. The van der Waals surface area contributed by atoms with E-state index >= 15 is 0 Å². The maximum atomic E-state index is 11.9. The summed E-state index contributed by atoms with van der Waals surface area (Å²) in [7, 11) is 0. The number of halogens is 1. The van der Waals surface area contributed by atoms with Gasteiger partial charge in [0, 0.05) is 6.04 Å². The van der Waals surface area contributed by atoms with Crippen LogP contribution in [0.1, 0.15) is 28.9 Å². The van der Waals surface area contributed by atoms with E-state index in [9.17, 15) is 9.59 Å². The zero-order valence-corrected chi connectivity index (χ0v) is 11.4. The van der Waals surface area contributed by atoms with Crippen LogP contribution < -0.4 is 5.32 Å². The Hall–Kier alpha value is -0.880. The molecule has 0 unspecified atom stereocenters. The molecule has 92 valence electrons. The maximum Gasteiger partial charge on any atom is 0.308 e. The normalized spacial score (nSPS) is 23.6. The predicted octanol–water partition coefficient (Wildman–Crippen LogP) is 2.49. The lowest BCUT2D eigenvalue weighted by Gasteiger charge is -2.16. The van der Waals surface area contributed by atoms with Crippen LogP contribution in [0.15, 0.2) is 15.9 Å². The Bertz CT molecular complexity index is 446. The summed E-state index contributed by atoms with van der Waals surface area (Å²) in [5.41, 5.74) is 0. The first-order valence-corrected chi connectivity index (χ1v) is 6.98. The van der Waals surface area contributed by atoms with Crippen molar-refractivity contribution in [2.24, 2.45) is 5.92 Å². The summed E-state index contributed by atoms with van der Waals surface area (Å²) in [6.45, 7) is 0. The Balaban J connectivity index is 2.01. The van der Waals surface area contributed by atoms with Gasteiger partial charge in [-0.3, -0.25) is 9.59 Å². The molecule has 1 saturated carbocycles. The minimum Gasteiger partial charge on any atom is -0.481 e. The summed E-state index contributed by atoms with van der Waals surface area (Å²) in [6.07, 6.45) is 2.25. The van der Waals surface area contributed by atoms with Gasteiger partial charge in [-0.1, -0.05) is 6.42 Å². The molecule has 1 amide bonds. The second-order valence-corrected chi connectivity index (χ2v) is 6.52. The van der Waals surface area contributed by atoms with Crippen LogP contribution in [-0.2, 0) is 4.79 Å². The number of amides is 1. The van der Waals surface area contributed by atoms with Crippen LogP contribution in [0.25, 0.3) is 0 Å². The van der Waals surface area contributed by atoms with Crippen LogP contribution in [0.4, 0.5) is 0 Å². The predicted molar refractivity (Wildman–Crippen MR) is 68.3 cm³/mol. The van der Waals surface area contributed by atoms with Gasteiger partial charge in [0.2, 0.25) is 0 Å². The lowest BCUT2D eigenvalue weighted by molar-refractivity contribution is -0.142. The monoisotopic (exact) mass is 317 g/mol. The topological polar surface area (TPSA) is 66.4 Å². The third-order valence-corrected chi connectivity index (χ3v) is 4.57. The molecule has 0 radical (unpaired) electrons. The molecule has 0 spiro atoms. The van der Waals surface area contributed by atoms with Crippen LogP contribution in [0.3, 0.4) is 0 Å². The molecule has 2 atom stereocenters. The number of carbonyl (C=O) groups is 2. The number of thiophene rings is 1. The standard InChI is InChI=1S/C11H12BrNO3S/c12-9-5-4-8(17-9)10(14)13-7-3-1-2-6(7)11(15)16/h4-7H,1-3H2,(H,13,14)(H,15,16)/t6-,7+/m1/s1. The van der Waals surface area contributed by atoms with Gasteiger partial charge in [-0.25, -0.2) is 0 Å². The molecule has 4 nitrogen and oxygen atoms in total. The van der Waals surface area contributed by atoms with E-state index in [-0.39, 0.29) is 11.9 Å². The van der Waals surface area contributed by atoms with Crippen molar-refractivity contribution in [3.8, 4) is 0 Å². The van der Waals surface area contributed by atoms with Crippen molar-refractivity contribution in [3.05, 3.63) is 20.8 Å². The Kier molecular flexibility index (Phi) is 3.83. The Morgan fingerprint density at radius 2 is 2.18 bits per heavy atom. The fourth-order valence-electron chi connectivity index (χ4n) is 2.10. The van der Waals surface area contributed by atoms with Crippen LogP contribution in [0, 0.1) is 5.92 Å². The molecule has 0 aromatic carbocycles. The van der Waals surface area contributed by atoms with Crippen molar-refractivity contribution >= 4 is 39.1 Å². The van der Waals surface area contributed by atoms with Crippen LogP contribution in [-0.4, -0.2) is 23.0 Å². The highest BCUT2D eigenvalue weighted by atomic mass is 79.9. The smallest absolute Gasteiger partial charge is 0.308 e. The molecular formula is C11H12BrNO3S. The van der Waals surface area contributed by atoms with Gasteiger partial charge in [-0.15, -0.1) is 11.3 Å². The van der Waals surface area contributed by atoms with Crippen molar-refractivity contribution in [1.29, 1.82) is 0 Å². The summed E-state index contributed by atoms with van der Waals surface area (Å²) in [5.74, 6) is -1.44. The van der Waals surface area contributed by atoms with Crippen molar-refractivity contribution in [1.82, 2.24) is 5.32 Å². The highest BCUT2D eigenvalue weighted by Gasteiger charge is 2.34. The minimum absolute atomic E-state index is 0.182.